The van der Waals surface area contributed by atoms with Gasteiger partial charge in [0.15, 0.2) is 5.65 Å². The number of pyridine rings is 1. The van der Waals surface area contributed by atoms with Crippen molar-refractivity contribution >= 4 is 45.7 Å². The highest BCUT2D eigenvalue weighted by Gasteiger charge is 2.08. The fraction of sp³-hybridized carbons (Fsp3) is 0. The summed E-state index contributed by atoms with van der Waals surface area (Å²) in [5.41, 5.74) is 1.32. The Morgan fingerprint density at radius 1 is 0.947 bits per heavy atom. The van der Waals surface area contributed by atoms with Crippen LogP contribution in [0.5, 0.6) is 0 Å². The van der Waals surface area contributed by atoms with Gasteiger partial charge in [0, 0.05) is 6.20 Å². The van der Waals surface area contributed by atoms with E-state index in [0.29, 0.717) is 27.2 Å². The molecule has 0 saturated carbocycles. The Morgan fingerprint density at radius 2 is 1.84 bits per heavy atom. The molecule has 19 heavy (non-hydrogen) atoms. The Kier molecular flexibility index (Phi) is 3.19. The van der Waals surface area contributed by atoms with E-state index in [2.05, 4.69) is 20.3 Å². The number of rotatable bonds is 2. The zero-order valence-electron chi connectivity index (χ0n) is 9.64. The van der Waals surface area contributed by atoms with Gasteiger partial charge in [-0.3, -0.25) is 0 Å². The molecule has 0 bridgehead atoms. The quantitative estimate of drug-likeness (QED) is 0.773. The number of anilines is 2. The van der Waals surface area contributed by atoms with Crippen molar-refractivity contribution in [1.82, 2.24) is 15.0 Å². The molecule has 0 amide bonds. The summed E-state index contributed by atoms with van der Waals surface area (Å²) in [7, 11) is 0. The van der Waals surface area contributed by atoms with Crippen molar-refractivity contribution in [2.24, 2.45) is 0 Å². The molecule has 0 radical (unpaired) electrons. The maximum atomic E-state index is 6.14. The average molecular weight is 291 g/mol. The molecule has 94 valence electrons. The summed E-state index contributed by atoms with van der Waals surface area (Å²) < 4.78 is 0. The van der Waals surface area contributed by atoms with E-state index in [1.165, 1.54) is 6.33 Å². The van der Waals surface area contributed by atoms with Gasteiger partial charge >= 0.3 is 0 Å². The van der Waals surface area contributed by atoms with E-state index in [9.17, 15) is 0 Å². The number of aromatic nitrogens is 3. The standard InChI is InChI=1S/C13H8Cl2N4/c14-9-4-1-5-10(11(9)15)19-13-8-3-2-6-16-12(8)17-7-18-13/h1-7H,(H,16,17,18,19). The van der Waals surface area contributed by atoms with Crippen molar-refractivity contribution in [2.45, 2.75) is 0 Å². The Balaban J connectivity index is 2.09. The van der Waals surface area contributed by atoms with E-state index in [1.54, 1.807) is 12.3 Å². The van der Waals surface area contributed by atoms with Crippen LogP contribution >= 0.6 is 23.2 Å². The summed E-state index contributed by atoms with van der Waals surface area (Å²) >= 11 is 12.1. The number of nitrogens with zero attached hydrogens (tertiary/aromatic N) is 3. The third-order valence-electron chi connectivity index (χ3n) is 2.61. The van der Waals surface area contributed by atoms with Gasteiger partial charge in [-0.15, -0.1) is 0 Å². The third kappa shape index (κ3) is 2.32. The van der Waals surface area contributed by atoms with Gasteiger partial charge in [0.25, 0.3) is 0 Å². The summed E-state index contributed by atoms with van der Waals surface area (Å²) in [6.45, 7) is 0. The van der Waals surface area contributed by atoms with Gasteiger partial charge in [-0.05, 0) is 24.3 Å². The van der Waals surface area contributed by atoms with Crippen LogP contribution in [-0.4, -0.2) is 15.0 Å². The molecule has 0 spiro atoms. The van der Waals surface area contributed by atoms with Crippen molar-refractivity contribution in [3.63, 3.8) is 0 Å². The summed E-state index contributed by atoms with van der Waals surface area (Å²) in [5.74, 6) is 0.641. The van der Waals surface area contributed by atoms with Crippen LogP contribution in [0.2, 0.25) is 10.0 Å². The van der Waals surface area contributed by atoms with E-state index in [0.717, 1.165) is 5.39 Å². The van der Waals surface area contributed by atoms with Gasteiger partial charge in [-0.2, -0.15) is 0 Å². The Bertz CT molecular complexity index is 740. The van der Waals surface area contributed by atoms with Crippen molar-refractivity contribution in [3.8, 4) is 0 Å². The van der Waals surface area contributed by atoms with E-state index in [-0.39, 0.29) is 0 Å². The molecule has 1 aromatic carbocycles. The van der Waals surface area contributed by atoms with Crippen LogP contribution < -0.4 is 5.32 Å². The Labute approximate surface area is 119 Å². The predicted molar refractivity (Wildman–Crippen MR) is 77.1 cm³/mol. The number of benzene rings is 1. The lowest BCUT2D eigenvalue weighted by atomic mass is 10.3. The molecular formula is C13H8Cl2N4. The van der Waals surface area contributed by atoms with Gasteiger partial charge in [-0.1, -0.05) is 29.3 Å². The fourth-order valence-electron chi connectivity index (χ4n) is 1.72. The molecular weight excluding hydrogens is 283 g/mol. The van der Waals surface area contributed by atoms with Crippen LogP contribution in [0.1, 0.15) is 0 Å². The first-order valence-corrected chi connectivity index (χ1v) is 6.28. The van der Waals surface area contributed by atoms with Gasteiger partial charge in [0.2, 0.25) is 0 Å². The highest BCUT2D eigenvalue weighted by Crippen LogP contribution is 2.32. The lowest BCUT2D eigenvalue weighted by Gasteiger charge is -2.09. The van der Waals surface area contributed by atoms with Gasteiger partial charge in [-0.25, -0.2) is 15.0 Å². The molecule has 3 aromatic rings. The largest absolute Gasteiger partial charge is 0.338 e. The molecule has 0 atom stereocenters. The van der Waals surface area contributed by atoms with E-state index in [1.807, 2.05) is 24.3 Å². The minimum atomic E-state index is 0.458. The van der Waals surface area contributed by atoms with E-state index in [4.69, 9.17) is 23.2 Å². The first kappa shape index (κ1) is 12.1. The van der Waals surface area contributed by atoms with Gasteiger partial charge in [0.05, 0.1) is 21.1 Å². The molecule has 2 heterocycles. The van der Waals surface area contributed by atoms with Crippen LogP contribution in [0.25, 0.3) is 11.0 Å². The summed E-state index contributed by atoms with van der Waals surface area (Å²) in [5, 5.41) is 4.92. The molecule has 0 saturated heterocycles. The van der Waals surface area contributed by atoms with Gasteiger partial charge < -0.3 is 5.32 Å². The number of nitrogens with one attached hydrogen (secondary N) is 1. The highest BCUT2D eigenvalue weighted by atomic mass is 35.5. The fourth-order valence-corrected chi connectivity index (χ4v) is 2.07. The molecule has 0 aliphatic carbocycles. The van der Waals surface area contributed by atoms with Crippen molar-refractivity contribution in [3.05, 3.63) is 52.9 Å². The number of hydrogen-bond acceptors (Lipinski definition) is 4. The molecule has 4 nitrogen and oxygen atoms in total. The second-order valence-corrected chi connectivity index (χ2v) is 4.61. The maximum Gasteiger partial charge on any atom is 0.164 e. The molecule has 0 fully saturated rings. The second-order valence-electron chi connectivity index (χ2n) is 3.82. The summed E-state index contributed by atoms with van der Waals surface area (Å²) in [6, 6.07) is 9.10. The summed E-state index contributed by atoms with van der Waals surface area (Å²) in [4.78, 5) is 12.5. The lowest BCUT2D eigenvalue weighted by molar-refractivity contribution is 1.18. The number of halogens is 2. The first-order valence-electron chi connectivity index (χ1n) is 5.52. The van der Waals surface area contributed by atoms with Crippen molar-refractivity contribution in [1.29, 1.82) is 0 Å². The van der Waals surface area contributed by atoms with Crippen LogP contribution in [0.3, 0.4) is 0 Å². The smallest absolute Gasteiger partial charge is 0.164 e. The average Bonchev–Trinajstić information content (AvgIpc) is 2.44. The van der Waals surface area contributed by atoms with Crippen LogP contribution in [0, 0.1) is 0 Å². The molecule has 3 rings (SSSR count). The second kappa shape index (κ2) is 4.99. The molecule has 6 heteroatoms. The molecule has 2 aromatic heterocycles. The van der Waals surface area contributed by atoms with Crippen LogP contribution in [0.4, 0.5) is 11.5 Å². The summed E-state index contributed by atoms with van der Waals surface area (Å²) in [6.07, 6.45) is 3.14. The topological polar surface area (TPSA) is 50.7 Å². The van der Waals surface area contributed by atoms with E-state index < -0.39 is 0 Å². The molecule has 0 aliphatic heterocycles. The monoisotopic (exact) mass is 290 g/mol. The van der Waals surface area contributed by atoms with Crippen molar-refractivity contribution in [2.75, 3.05) is 5.32 Å². The minimum Gasteiger partial charge on any atom is -0.338 e. The minimum absolute atomic E-state index is 0.458. The maximum absolute atomic E-state index is 6.14. The van der Waals surface area contributed by atoms with E-state index >= 15 is 0 Å². The Morgan fingerprint density at radius 3 is 2.74 bits per heavy atom. The Hall–Kier alpha value is -1.91. The molecule has 0 unspecified atom stereocenters. The first-order chi connectivity index (χ1) is 9.25. The lowest BCUT2D eigenvalue weighted by Crippen LogP contribution is -1.97. The highest BCUT2D eigenvalue weighted by molar-refractivity contribution is 6.43. The third-order valence-corrected chi connectivity index (χ3v) is 3.43. The van der Waals surface area contributed by atoms with Crippen LogP contribution in [-0.2, 0) is 0 Å². The molecule has 1 N–H and O–H groups in total. The SMILES string of the molecule is Clc1cccc(Nc2ncnc3ncccc23)c1Cl. The van der Waals surface area contributed by atoms with Crippen LogP contribution in [0.15, 0.2) is 42.9 Å². The zero-order chi connectivity index (χ0) is 13.2. The van der Waals surface area contributed by atoms with Gasteiger partial charge in [0.1, 0.15) is 12.1 Å². The normalized spacial score (nSPS) is 10.6. The zero-order valence-corrected chi connectivity index (χ0v) is 11.2. The number of fused-ring (bicyclic) bond motifs is 1. The number of hydrogen-bond donors (Lipinski definition) is 1. The van der Waals surface area contributed by atoms with Crippen molar-refractivity contribution < 1.29 is 0 Å². The molecule has 0 aliphatic rings. The predicted octanol–water partition coefficient (Wildman–Crippen LogP) is 4.08.